The highest BCUT2D eigenvalue weighted by Crippen LogP contribution is 2.28. The van der Waals surface area contributed by atoms with Crippen LogP contribution in [0.5, 0.6) is 0 Å². The van der Waals surface area contributed by atoms with Crippen LogP contribution in [0.3, 0.4) is 0 Å². The molecule has 0 bridgehead atoms. The first-order valence-corrected chi connectivity index (χ1v) is 9.76. The number of para-hydroxylation sites is 2. The Labute approximate surface area is 164 Å². The molecule has 8 nitrogen and oxygen atoms in total. The molecule has 0 radical (unpaired) electrons. The molecule has 28 heavy (non-hydrogen) atoms. The van der Waals surface area contributed by atoms with Gasteiger partial charge in [0.25, 0.3) is 6.47 Å². The predicted octanol–water partition coefficient (Wildman–Crippen LogP) is 1.63. The van der Waals surface area contributed by atoms with Crippen molar-refractivity contribution in [3.63, 3.8) is 0 Å². The Hall–Kier alpha value is -2.45. The molecule has 1 atom stereocenters. The molecule has 152 valence electrons. The summed E-state index contributed by atoms with van der Waals surface area (Å²) in [4.78, 5) is 27.0. The number of nitrogens with one attached hydrogen (secondary N) is 1. The number of aromatic nitrogens is 2. The number of carbonyl (C=O) groups excluding carboxylic acids is 1. The molecule has 1 amide bonds. The molecule has 0 aliphatic carbocycles. The van der Waals surface area contributed by atoms with Crippen LogP contribution in [0.25, 0.3) is 11.0 Å². The number of unbranched alkanes of at least 4 members (excludes halogenated alkanes) is 1. The maximum atomic E-state index is 11.4. The Bertz CT molecular complexity index is 810. The number of morpholine rings is 1. The molecule has 4 rings (SSSR count). The second-order valence-electron chi connectivity index (χ2n) is 7.34. The van der Waals surface area contributed by atoms with Crippen LogP contribution in [0, 0.1) is 0 Å². The lowest BCUT2D eigenvalue weighted by Crippen LogP contribution is -2.53. The van der Waals surface area contributed by atoms with E-state index in [2.05, 4.69) is 39.9 Å². The number of benzene rings is 1. The molecule has 2 aliphatic heterocycles. The van der Waals surface area contributed by atoms with E-state index in [0.717, 1.165) is 50.4 Å². The Balaban J connectivity index is 0.000000706. The maximum absolute atomic E-state index is 11.4. The quantitative estimate of drug-likeness (QED) is 0.756. The molecular formula is C20H28N4O4. The fourth-order valence-electron chi connectivity index (χ4n) is 3.92. The number of nitrogens with zero attached hydrogens (tertiary/aromatic N) is 3. The third-order valence-corrected chi connectivity index (χ3v) is 5.35. The Morgan fingerprint density at radius 1 is 1.39 bits per heavy atom. The van der Waals surface area contributed by atoms with Gasteiger partial charge in [-0.15, -0.1) is 0 Å². The molecule has 1 spiro atoms. The van der Waals surface area contributed by atoms with Crippen LogP contribution in [0.1, 0.15) is 32.0 Å². The third kappa shape index (κ3) is 4.51. The second kappa shape index (κ2) is 9.16. The van der Waals surface area contributed by atoms with Crippen LogP contribution >= 0.6 is 0 Å². The molecule has 2 aliphatic rings. The highest BCUT2D eigenvalue weighted by Gasteiger charge is 2.42. The number of imidazole rings is 1. The first-order chi connectivity index (χ1) is 13.6. The number of hydrogen-bond donors (Lipinski definition) is 2. The smallest absolute Gasteiger partial charge is 0.290 e. The molecule has 2 saturated heterocycles. The number of rotatable bonds is 5. The van der Waals surface area contributed by atoms with Gasteiger partial charge < -0.3 is 19.7 Å². The topological polar surface area (TPSA) is 96.7 Å². The summed E-state index contributed by atoms with van der Waals surface area (Å²) in [6.45, 7) is 6.45. The lowest BCUT2D eigenvalue weighted by atomic mass is 10.0. The summed E-state index contributed by atoms with van der Waals surface area (Å²) in [6.07, 6.45) is 3.29. The highest BCUT2D eigenvalue weighted by atomic mass is 16.5. The van der Waals surface area contributed by atoms with Gasteiger partial charge in [0.15, 0.2) is 0 Å². The number of fused-ring (bicyclic) bond motifs is 1. The van der Waals surface area contributed by atoms with Crippen LogP contribution in [0.2, 0.25) is 0 Å². The Morgan fingerprint density at radius 2 is 2.18 bits per heavy atom. The zero-order chi connectivity index (χ0) is 20.0. The van der Waals surface area contributed by atoms with Crippen molar-refractivity contribution >= 4 is 23.4 Å². The minimum absolute atomic E-state index is 0.00886. The zero-order valence-corrected chi connectivity index (χ0v) is 16.3. The summed E-state index contributed by atoms with van der Waals surface area (Å²) in [6, 6.07) is 8.38. The van der Waals surface area contributed by atoms with E-state index in [9.17, 15) is 4.79 Å². The molecule has 1 aromatic heterocycles. The van der Waals surface area contributed by atoms with Crippen molar-refractivity contribution in [2.75, 3.05) is 26.2 Å². The molecule has 1 aromatic carbocycles. The third-order valence-electron chi connectivity index (χ3n) is 5.35. The lowest BCUT2D eigenvalue weighted by Gasteiger charge is -2.33. The fraction of sp³-hybridized carbons (Fsp3) is 0.550. The second-order valence-corrected chi connectivity index (χ2v) is 7.34. The zero-order valence-electron chi connectivity index (χ0n) is 16.3. The van der Waals surface area contributed by atoms with Crippen molar-refractivity contribution in [2.45, 2.75) is 44.9 Å². The van der Waals surface area contributed by atoms with Gasteiger partial charge in [0.1, 0.15) is 12.4 Å². The van der Waals surface area contributed by atoms with Crippen molar-refractivity contribution < 1.29 is 19.4 Å². The van der Waals surface area contributed by atoms with Gasteiger partial charge in [-0.05, 0) is 25.0 Å². The van der Waals surface area contributed by atoms with Crippen molar-refractivity contribution in [1.29, 1.82) is 0 Å². The van der Waals surface area contributed by atoms with Crippen molar-refractivity contribution in [2.24, 2.45) is 0 Å². The van der Waals surface area contributed by atoms with Gasteiger partial charge in [-0.3, -0.25) is 14.5 Å². The average molecular weight is 388 g/mol. The fourth-order valence-corrected chi connectivity index (χ4v) is 3.92. The minimum Gasteiger partial charge on any atom is -0.483 e. The molecule has 0 saturated carbocycles. The lowest BCUT2D eigenvalue weighted by molar-refractivity contribution is -0.142. The van der Waals surface area contributed by atoms with Crippen molar-refractivity contribution in [3.05, 3.63) is 30.1 Å². The Morgan fingerprint density at radius 3 is 2.89 bits per heavy atom. The SMILES string of the molecule is CCCCn1c(CN2CCC3(CNC(=O)CO3)C2)nc2ccccc21.O=CO. The normalized spacial score (nSPS) is 22.1. The van der Waals surface area contributed by atoms with Gasteiger partial charge in [0, 0.05) is 26.2 Å². The standard InChI is InChI=1S/C19H26N4O2.CH2O2/c1-2-3-9-23-16-7-5-4-6-15(16)21-17(23)11-22-10-8-19(14-22)13-20-18(24)12-25-19;2-1-3/h4-7H,2-3,8-14H2,1H3,(H,20,24);1H,(H,2,3). The number of hydrogen-bond acceptors (Lipinski definition) is 5. The average Bonchev–Trinajstić information content (AvgIpc) is 3.25. The Kier molecular flexibility index (Phi) is 6.64. The summed E-state index contributed by atoms with van der Waals surface area (Å²) >= 11 is 0. The molecule has 8 heteroatoms. The summed E-state index contributed by atoms with van der Waals surface area (Å²) in [5.74, 6) is 1.12. The summed E-state index contributed by atoms with van der Waals surface area (Å²) in [5.41, 5.74) is 2.08. The van der Waals surface area contributed by atoms with Gasteiger partial charge in [0.2, 0.25) is 5.91 Å². The van der Waals surface area contributed by atoms with Gasteiger partial charge in [-0.1, -0.05) is 25.5 Å². The molecule has 2 N–H and O–H groups in total. The van der Waals surface area contributed by atoms with E-state index in [4.69, 9.17) is 19.6 Å². The van der Waals surface area contributed by atoms with E-state index in [-0.39, 0.29) is 24.6 Å². The minimum atomic E-state index is -0.250. The van der Waals surface area contributed by atoms with Gasteiger partial charge in [-0.25, -0.2) is 4.98 Å². The van der Waals surface area contributed by atoms with Crippen LogP contribution in [0.4, 0.5) is 0 Å². The molecular weight excluding hydrogens is 360 g/mol. The monoisotopic (exact) mass is 388 g/mol. The molecule has 3 heterocycles. The number of aryl methyl sites for hydroxylation is 1. The number of amides is 1. The molecule has 2 aromatic rings. The first-order valence-electron chi connectivity index (χ1n) is 9.76. The highest BCUT2D eigenvalue weighted by molar-refractivity contribution is 5.78. The van der Waals surface area contributed by atoms with Crippen molar-refractivity contribution in [1.82, 2.24) is 19.8 Å². The van der Waals surface area contributed by atoms with Gasteiger partial charge in [0.05, 0.1) is 23.2 Å². The number of ether oxygens (including phenoxy) is 1. The van der Waals surface area contributed by atoms with E-state index in [1.54, 1.807) is 0 Å². The van der Waals surface area contributed by atoms with E-state index < -0.39 is 0 Å². The molecule has 1 unspecified atom stereocenters. The van der Waals surface area contributed by atoms with Crippen LogP contribution in [-0.4, -0.2) is 63.8 Å². The largest absolute Gasteiger partial charge is 0.483 e. The van der Waals surface area contributed by atoms with Gasteiger partial charge in [-0.2, -0.15) is 0 Å². The summed E-state index contributed by atoms with van der Waals surface area (Å²) < 4.78 is 8.25. The van der Waals surface area contributed by atoms with Crippen LogP contribution in [0.15, 0.2) is 24.3 Å². The van der Waals surface area contributed by atoms with Gasteiger partial charge >= 0.3 is 0 Å². The predicted molar refractivity (Wildman–Crippen MR) is 105 cm³/mol. The maximum Gasteiger partial charge on any atom is 0.290 e. The summed E-state index contributed by atoms with van der Waals surface area (Å²) in [5, 5.41) is 9.84. The van der Waals surface area contributed by atoms with E-state index in [1.165, 1.54) is 11.9 Å². The van der Waals surface area contributed by atoms with E-state index in [0.29, 0.717) is 6.54 Å². The van der Waals surface area contributed by atoms with Crippen molar-refractivity contribution in [3.8, 4) is 0 Å². The first kappa shape index (κ1) is 20.3. The van der Waals surface area contributed by atoms with E-state index >= 15 is 0 Å². The van der Waals surface area contributed by atoms with E-state index in [1.807, 2.05) is 6.07 Å². The number of carboxylic acid groups (broad SMARTS) is 1. The number of likely N-dealkylation sites (tertiary alicyclic amines) is 1. The number of carbonyl (C=O) groups is 2. The summed E-state index contributed by atoms with van der Waals surface area (Å²) in [7, 11) is 0. The van der Waals surface area contributed by atoms with Crippen LogP contribution < -0.4 is 5.32 Å². The van der Waals surface area contributed by atoms with Crippen LogP contribution in [-0.2, 0) is 27.4 Å². The molecule has 2 fully saturated rings.